The van der Waals surface area contributed by atoms with E-state index in [1.165, 1.54) is 24.4 Å². The van der Waals surface area contributed by atoms with Gasteiger partial charge in [0, 0.05) is 11.8 Å². The second-order valence-corrected chi connectivity index (χ2v) is 4.10. The van der Waals surface area contributed by atoms with Crippen molar-refractivity contribution in [2.75, 3.05) is 6.61 Å². The average molecular weight is 279 g/mol. The van der Waals surface area contributed by atoms with Crippen molar-refractivity contribution in [1.29, 1.82) is 0 Å². The van der Waals surface area contributed by atoms with Crippen LogP contribution in [0, 0.1) is 11.6 Å². The Morgan fingerprint density at radius 1 is 1.25 bits per heavy atom. The monoisotopic (exact) mass is 279 g/mol. The molecule has 0 aliphatic heterocycles. The van der Waals surface area contributed by atoms with E-state index in [1.54, 1.807) is 19.1 Å². The number of hydrazine groups is 1. The number of halogens is 2. The number of pyridine rings is 1. The van der Waals surface area contributed by atoms with Gasteiger partial charge in [-0.25, -0.2) is 19.2 Å². The normalized spacial score (nSPS) is 12.2. The van der Waals surface area contributed by atoms with Crippen molar-refractivity contribution in [2.45, 2.75) is 13.0 Å². The van der Waals surface area contributed by atoms with Gasteiger partial charge in [0.1, 0.15) is 5.82 Å². The van der Waals surface area contributed by atoms with Crippen LogP contribution < -0.4 is 16.0 Å². The lowest BCUT2D eigenvalue weighted by molar-refractivity contribution is 0.305. The maximum absolute atomic E-state index is 14.3. The van der Waals surface area contributed by atoms with Crippen molar-refractivity contribution >= 4 is 0 Å². The van der Waals surface area contributed by atoms with Crippen molar-refractivity contribution in [2.24, 2.45) is 5.84 Å². The van der Waals surface area contributed by atoms with Gasteiger partial charge in [0.2, 0.25) is 0 Å². The van der Waals surface area contributed by atoms with Gasteiger partial charge < -0.3 is 4.74 Å². The minimum absolute atomic E-state index is 0.0765. The minimum atomic E-state index is -0.613. The van der Waals surface area contributed by atoms with Crippen molar-refractivity contribution in [1.82, 2.24) is 10.4 Å². The van der Waals surface area contributed by atoms with Gasteiger partial charge in [0.15, 0.2) is 5.82 Å². The predicted molar refractivity (Wildman–Crippen MR) is 70.9 cm³/mol. The summed E-state index contributed by atoms with van der Waals surface area (Å²) in [6.45, 7) is 2.05. The Labute approximate surface area is 115 Å². The van der Waals surface area contributed by atoms with Crippen molar-refractivity contribution < 1.29 is 13.5 Å². The molecule has 1 aromatic carbocycles. The van der Waals surface area contributed by atoms with Gasteiger partial charge in [0.05, 0.1) is 12.6 Å². The molecule has 0 fully saturated rings. The molecule has 0 aliphatic rings. The summed E-state index contributed by atoms with van der Waals surface area (Å²) in [5.41, 5.74) is 3.45. The molecule has 1 aromatic heterocycles. The molecule has 0 aliphatic carbocycles. The molecule has 0 amide bonds. The maximum atomic E-state index is 14.3. The molecule has 0 saturated heterocycles. The van der Waals surface area contributed by atoms with Crippen molar-refractivity contribution in [3.8, 4) is 5.88 Å². The number of nitrogens with two attached hydrogens (primary N) is 1. The molecule has 0 bridgehead atoms. The third-order valence-corrected chi connectivity index (χ3v) is 2.85. The first kappa shape index (κ1) is 14.4. The average Bonchev–Trinajstić information content (AvgIpc) is 2.46. The first-order chi connectivity index (χ1) is 9.67. The van der Waals surface area contributed by atoms with E-state index in [4.69, 9.17) is 10.6 Å². The summed E-state index contributed by atoms with van der Waals surface area (Å²) >= 11 is 0. The Kier molecular flexibility index (Phi) is 4.60. The van der Waals surface area contributed by atoms with Crippen LogP contribution in [0.25, 0.3) is 0 Å². The third-order valence-electron chi connectivity index (χ3n) is 2.85. The van der Waals surface area contributed by atoms with E-state index in [0.29, 0.717) is 12.2 Å². The summed E-state index contributed by atoms with van der Waals surface area (Å²) in [5.74, 6) is 4.47. The number of hydrogen-bond donors (Lipinski definition) is 2. The highest BCUT2D eigenvalue weighted by atomic mass is 19.1. The summed E-state index contributed by atoms with van der Waals surface area (Å²) in [4.78, 5) is 3.83. The van der Waals surface area contributed by atoms with Gasteiger partial charge in [-0.2, -0.15) is 0 Å². The molecule has 0 saturated carbocycles. The van der Waals surface area contributed by atoms with Crippen LogP contribution in [0.5, 0.6) is 5.88 Å². The number of benzene rings is 1. The second kappa shape index (κ2) is 6.40. The summed E-state index contributed by atoms with van der Waals surface area (Å²) in [5, 5.41) is 0. The maximum Gasteiger partial charge on any atom is 0.250 e. The molecule has 2 rings (SSSR count). The number of rotatable bonds is 5. The Balaban J connectivity index is 2.41. The van der Waals surface area contributed by atoms with Gasteiger partial charge in [-0.1, -0.05) is 12.1 Å². The quantitative estimate of drug-likeness (QED) is 0.651. The topological polar surface area (TPSA) is 60.2 Å². The van der Waals surface area contributed by atoms with Gasteiger partial charge >= 0.3 is 0 Å². The number of nitrogens with zero attached hydrogens (tertiary/aromatic N) is 1. The Hall–Kier alpha value is -2.05. The molecule has 1 atom stereocenters. The van der Waals surface area contributed by atoms with E-state index in [-0.39, 0.29) is 17.3 Å². The predicted octanol–water partition coefficient (Wildman–Crippen LogP) is 2.31. The molecule has 106 valence electrons. The molecule has 0 radical (unpaired) electrons. The van der Waals surface area contributed by atoms with Crippen LogP contribution in [-0.4, -0.2) is 11.6 Å². The molecule has 1 unspecified atom stereocenters. The van der Waals surface area contributed by atoms with Gasteiger partial charge in [-0.15, -0.1) is 0 Å². The lowest BCUT2D eigenvalue weighted by Crippen LogP contribution is -2.29. The lowest BCUT2D eigenvalue weighted by Gasteiger charge is -2.18. The fraction of sp³-hybridized carbons (Fsp3) is 0.214. The van der Waals surface area contributed by atoms with Gasteiger partial charge in [-0.05, 0) is 30.7 Å². The largest absolute Gasteiger partial charge is 0.476 e. The Morgan fingerprint density at radius 2 is 1.95 bits per heavy atom. The van der Waals surface area contributed by atoms with Crippen LogP contribution in [0.3, 0.4) is 0 Å². The molecule has 0 spiro atoms. The minimum Gasteiger partial charge on any atom is -0.476 e. The van der Waals surface area contributed by atoms with Crippen LogP contribution >= 0.6 is 0 Å². The summed E-state index contributed by atoms with van der Waals surface area (Å²) in [7, 11) is 0. The molecule has 20 heavy (non-hydrogen) atoms. The zero-order chi connectivity index (χ0) is 14.5. The zero-order valence-electron chi connectivity index (χ0n) is 10.9. The highest BCUT2D eigenvalue weighted by molar-refractivity contribution is 5.34. The van der Waals surface area contributed by atoms with Crippen LogP contribution in [0.2, 0.25) is 0 Å². The van der Waals surface area contributed by atoms with Crippen molar-refractivity contribution in [3.05, 3.63) is 59.3 Å². The summed E-state index contributed by atoms with van der Waals surface area (Å²) in [6, 6.07) is 6.56. The SMILES string of the molecule is CCOc1nccc(C(NN)c2ccc(F)cc2)c1F. The first-order valence-electron chi connectivity index (χ1n) is 6.16. The van der Waals surface area contributed by atoms with Crippen molar-refractivity contribution in [3.63, 3.8) is 0 Å². The molecular weight excluding hydrogens is 264 g/mol. The van der Waals surface area contributed by atoms with E-state index in [0.717, 1.165) is 0 Å². The van der Waals surface area contributed by atoms with Crippen LogP contribution in [0.15, 0.2) is 36.5 Å². The van der Waals surface area contributed by atoms with Crippen LogP contribution in [0.1, 0.15) is 24.1 Å². The number of aromatic nitrogens is 1. The number of nitrogens with one attached hydrogen (secondary N) is 1. The van der Waals surface area contributed by atoms with Crippen LogP contribution in [0.4, 0.5) is 8.78 Å². The smallest absolute Gasteiger partial charge is 0.250 e. The van der Waals surface area contributed by atoms with Gasteiger partial charge in [0.25, 0.3) is 5.88 Å². The zero-order valence-corrected chi connectivity index (χ0v) is 10.9. The number of ether oxygens (including phenoxy) is 1. The molecule has 3 N–H and O–H groups in total. The Morgan fingerprint density at radius 3 is 2.55 bits per heavy atom. The van der Waals surface area contributed by atoms with E-state index < -0.39 is 11.9 Å². The number of hydrogen-bond acceptors (Lipinski definition) is 4. The van der Waals surface area contributed by atoms with E-state index in [1.807, 2.05) is 0 Å². The van der Waals surface area contributed by atoms with E-state index in [2.05, 4.69) is 10.4 Å². The summed E-state index contributed by atoms with van der Waals surface area (Å²) in [6.07, 6.45) is 1.44. The van der Waals surface area contributed by atoms with Crippen LogP contribution in [-0.2, 0) is 0 Å². The molecule has 2 aromatic rings. The van der Waals surface area contributed by atoms with Gasteiger partial charge in [-0.3, -0.25) is 5.84 Å². The lowest BCUT2D eigenvalue weighted by atomic mass is 10.00. The first-order valence-corrected chi connectivity index (χ1v) is 6.16. The highest BCUT2D eigenvalue weighted by Gasteiger charge is 2.20. The second-order valence-electron chi connectivity index (χ2n) is 4.10. The summed E-state index contributed by atoms with van der Waals surface area (Å²) < 4.78 is 32.4. The fourth-order valence-electron chi connectivity index (χ4n) is 1.92. The standard InChI is InChI=1S/C14H15F2N3O/c1-2-20-14-12(16)11(7-8-18-14)13(19-17)9-3-5-10(15)6-4-9/h3-8,13,19H,2,17H2,1H3. The molecular formula is C14H15F2N3O. The van der Waals surface area contributed by atoms with E-state index in [9.17, 15) is 8.78 Å². The molecule has 6 heteroatoms. The molecule has 1 heterocycles. The van der Waals surface area contributed by atoms with E-state index >= 15 is 0 Å². The fourth-order valence-corrected chi connectivity index (χ4v) is 1.92. The highest BCUT2D eigenvalue weighted by Crippen LogP contribution is 2.27. The Bertz CT molecular complexity index is 575. The third kappa shape index (κ3) is 2.92. The molecule has 4 nitrogen and oxygen atoms in total.